The quantitative estimate of drug-likeness (QED) is 0.849. The van der Waals surface area contributed by atoms with E-state index in [1.165, 1.54) is 36.4 Å². The lowest BCUT2D eigenvalue weighted by Gasteiger charge is -2.20. The van der Waals surface area contributed by atoms with Crippen molar-refractivity contribution < 1.29 is 32.2 Å². The molecule has 0 saturated carbocycles. The van der Waals surface area contributed by atoms with Gasteiger partial charge in [0.05, 0.1) is 5.02 Å². The fourth-order valence-electron chi connectivity index (χ4n) is 2.27. The van der Waals surface area contributed by atoms with E-state index in [-0.39, 0.29) is 22.0 Å². The highest BCUT2D eigenvalue weighted by molar-refractivity contribution is 6.32. The van der Waals surface area contributed by atoms with Gasteiger partial charge in [0, 0.05) is 17.3 Å². The molecule has 0 atom stereocenters. The maximum absolute atomic E-state index is 12.4. The third-order valence-electron chi connectivity index (χ3n) is 3.35. The van der Waals surface area contributed by atoms with Crippen molar-refractivity contribution in [3.63, 3.8) is 0 Å². The molecule has 9 heteroatoms. The molecule has 0 aromatic heterocycles. The second kappa shape index (κ2) is 7.33. The highest BCUT2D eigenvalue weighted by atomic mass is 35.5. The Morgan fingerprint density at radius 2 is 1.96 bits per heavy atom. The van der Waals surface area contributed by atoms with Gasteiger partial charge in [-0.2, -0.15) is 13.2 Å². The van der Waals surface area contributed by atoms with Crippen LogP contribution in [0.1, 0.15) is 10.4 Å². The summed E-state index contributed by atoms with van der Waals surface area (Å²) in [5.74, 6) is 0.213. The average molecular weight is 388 g/mol. The zero-order valence-electron chi connectivity index (χ0n) is 13.2. The maximum atomic E-state index is 12.4. The van der Waals surface area contributed by atoms with Gasteiger partial charge in [0.25, 0.3) is 5.91 Å². The van der Waals surface area contributed by atoms with Gasteiger partial charge >= 0.3 is 6.18 Å². The lowest BCUT2D eigenvalue weighted by atomic mass is 10.1. The molecule has 0 radical (unpaired) electrons. The van der Waals surface area contributed by atoms with Gasteiger partial charge in [0.2, 0.25) is 0 Å². The Labute approximate surface area is 151 Å². The highest BCUT2D eigenvalue weighted by Crippen LogP contribution is 2.38. The van der Waals surface area contributed by atoms with Crippen LogP contribution >= 0.6 is 11.6 Å². The molecule has 0 saturated heterocycles. The monoisotopic (exact) mass is 387 g/mol. The van der Waals surface area contributed by atoms with Crippen molar-refractivity contribution in [2.45, 2.75) is 6.18 Å². The topological polar surface area (TPSA) is 56.8 Å². The van der Waals surface area contributed by atoms with Gasteiger partial charge in [-0.05, 0) is 24.3 Å². The molecule has 1 N–H and O–H groups in total. The summed E-state index contributed by atoms with van der Waals surface area (Å²) in [6.07, 6.45) is -4.44. The Kier molecular flexibility index (Phi) is 5.13. The number of alkyl halides is 3. The first-order valence-electron chi connectivity index (χ1n) is 7.52. The van der Waals surface area contributed by atoms with E-state index in [2.05, 4.69) is 10.1 Å². The Morgan fingerprint density at radius 3 is 2.73 bits per heavy atom. The molecule has 0 unspecified atom stereocenters. The van der Waals surface area contributed by atoms with Gasteiger partial charge in [-0.3, -0.25) is 4.79 Å². The van der Waals surface area contributed by atoms with Crippen LogP contribution in [-0.2, 0) is 0 Å². The van der Waals surface area contributed by atoms with Gasteiger partial charge < -0.3 is 19.5 Å². The minimum absolute atomic E-state index is 0.0136. The summed E-state index contributed by atoms with van der Waals surface area (Å²) < 4.78 is 52.1. The first-order valence-corrected chi connectivity index (χ1v) is 7.90. The number of hydrogen-bond acceptors (Lipinski definition) is 4. The Morgan fingerprint density at radius 1 is 1.19 bits per heavy atom. The molecule has 2 aromatic carbocycles. The lowest BCUT2D eigenvalue weighted by Crippen LogP contribution is -2.19. The first-order chi connectivity index (χ1) is 12.3. The van der Waals surface area contributed by atoms with E-state index < -0.39 is 18.7 Å². The van der Waals surface area contributed by atoms with E-state index in [0.717, 1.165) is 0 Å². The molecule has 5 nitrogen and oxygen atoms in total. The Balaban J connectivity index is 1.73. The number of amides is 1. The zero-order valence-corrected chi connectivity index (χ0v) is 14.0. The van der Waals surface area contributed by atoms with Crippen molar-refractivity contribution >= 4 is 23.2 Å². The van der Waals surface area contributed by atoms with E-state index in [1.54, 1.807) is 0 Å². The number of carbonyl (C=O) groups is 1. The molecular formula is C17H13ClF3NO4. The second-order valence-electron chi connectivity index (χ2n) is 5.37. The molecule has 1 amide bonds. The molecule has 0 aliphatic carbocycles. The van der Waals surface area contributed by atoms with E-state index in [4.69, 9.17) is 21.1 Å². The summed E-state index contributed by atoms with van der Waals surface area (Å²) in [6.45, 7) is -0.710. The van der Waals surface area contributed by atoms with Crippen LogP contribution < -0.4 is 19.5 Å². The van der Waals surface area contributed by atoms with Crippen molar-refractivity contribution in [1.82, 2.24) is 0 Å². The van der Waals surface area contributed by atoms with Gasteiger partial charge in [-0.1, -0.05) is 17.7 Å². The van der Waals surface area contributed by atoms with E-state index in [0.29, 0.717) is 24.7 Å². The minimum Gasteiger partial charge on any atom is -0.486 e. The molecule has 138 valence electrons. The molecule has 0 fully saturated rings. The van der Waals surface area contributed by atoms with Crippen molar-refractivity contribution in [2.24, 2.45) is 0 Å². The molecule has 0 bridgehead atoms. The number of anilines is 1. The number of benzene rings is 2. The summed E-state index contributed by atoms with van der Waals surface area (Å²) in [5, 5.41) is 2.81. The predicted molar refractivity (Wildman–Crippen MR) is 88.4 cm³/mol. The van der Waals surface area contributed by atoms with Crippen molar-refractivity contribution in [1.29, 1.82) is 0 Å². The molecular weight excluding hydrogens is 375 g/mol. The summed E-state index contributed by atoms with van der Waals surface area (Å²) in [4.78, 5) is 12.4. The van der Waals surface area contributed by atoms with Crippen LogP contribution in [0.3, 0.4) is 0 Å². The van der Waals surface area contributed by atoms with E-state index >= 15 is 0 Å². The third kappa shape index (κ3) is 4.51. The molecule has 1 heterocycles. The number of rotatable bonds is 4. The van der Waals surface area contributed by atoms with E-state index in [1.807, 2.05) is 0 Å². The number of fused-ring (bicyclic) bond motifs is 1. The lowest BCUT2D eigenvalue weighted by molar-refractivity contribution is -0.153. The Hall–Kier alpha value is -2.61. The Bertz CT molecular complexity index is 826. The van der Waals surface area contributed by atoms with Crippen LogP contribution in [0.25, 0.3) is 0 Å². The molecule has 26 heavy (non-hydrogen) atoms. The van der Waals surface area contributed by atoms with Gasteiger partial charge in [0.1, 0.15) is 19.0 Å². The number of ether oxygens (including phenoxy) is 3. The standard InChI is InChI=1S/C17H13ClF3NO4/c18-13-6-10(7-14-15(13)25-5-4-24-14)16(23)22-11-2-1-3-12(8-11)26-9-17(19,20)21/h1-3,6-8H,4-5,9H2,(H,22,23). The number of nitrogens with one attached hydrogen (secondary N) is 1. The van der Waals surface area contributed by atoms with Crippen molar-refractivity contribution in [3.8, 4) is 17.2 Å². The van der Waals surface area contributed by atoms with Crippen molar-refractivity contribution in [2.75, 3.05) is 25.1 Å². The third-order valence-corrected chi connectivity index (χ3v) is 3.63. The maximum Gasteiger partial charge on any atom is 0.422 e. The minimum atomic E-state index is -4.44. The van der Waals surface area contributed by atoms with Crippen molar-refractivity contribution in [3.05, 3.63) is 47.0 Å². The average Bonchev–Trinajstić information content (AvgIpc) is 2.60. The number of hydrogen-bond donors (Lipinski definition) is 1. The SMILES string of the molecule is O=C(Nc1cccc(OCC(F)(F)F)c1)c1cc(Cl)c2c(c1)OCCO2. The van der Waals surface area contributed by atoms with Crippen LogP contribution in [0.15, 0.2) is 36.4 Å². The zero-order chi connectivity index (χ0) is 18.7. The number of halogens is 4. The predicted octanol–water partition coefficient (Wildman–Crippen LogP) is 4.30. The first kappa shape index (κ1) is 18.2. The molecule has 1 aliphatic heterocycles. The molecule has 1 aliphatic rings. The molecule has 3 rings (SSSR count). The van der Waals surface area contributed by atoms with Crippen LogP contribution in [0.2, 0.25) is 5.02 Å². The van der Waals surface area contributed by atoms with Gasteiger partial charge in [0.15, 0.2) is 18.1 Å². The summed E-state index contributed by atoms with van der Waals surface area (Å²) >= 11 is 6.09. The van der Waals surface area contributed by atoms with Crippen LogP contribution in [0, 0.1) is 0 Å². The number of carbonyl (C=O) groups excluding carboxylic acids is 1. The second-order valence-corrected chi connectivity index (χ2v) is 5.78. The molecule has 2 aromatic rings. The summed E-state index contributed by atoms with van der Waals surface area (Å²) in [6, 6.07) is 8.57. The summed E-state index contributed by atoms with van der Waals surface area (Å²) in [7, 11) is 0. The van der Waals surface area contributed by atoms with Crippen LogP contribution in [0.5, 0.6) is 17.2 Å². The van der Waals surface area contributed by atoms with Gasteiger partial charge in [-0.15, -0.1) is 0 Å². The smallest absolute Gasteiger partial charge is 0.422 e. The molecule has 0 spiro atoms. The fraction of sp³-hybridized carbons (Fsp3) is 0.235. The van der Waals surface area contributed by atoms with Gasteiger partial charge in [-0.25, -0.2) is 0 Å². The highest BCUT2D eigenvalue weighted by Gasteiger charge is 2.28. The fourth-order valence-corrected chi connectivity index (χ4v) is 2.54. The van der Waals surface area contributed by atoms with Crippen LogP contribution in [0.4, 0.5) is 18.9 Å². The summed E-state index contributed by atoms with van der Waals surface area (Å²) in [5.41, 5.74) is 0.501. The normalized spacial score (nSPS) is 13.2. The largest absolute Gasteiger partial charge is 0.486 e. The van der Waals surface area contributed by atoms with Crippen LogP contribution in [-0.4, -0.2) is 31.9 Å². The van der Waals surface area contributed by atoms with E-state index in [9.17, 15) is 18.0 Å².